The zero-order valence-corrected chi connectivity index (χ0v) is 12.9. The Morgan fingerprint density at radius 2 is 2.35 bits per heavy atom. The first-order valence-electron chi connectivity index (χ1n) is 6.90. The highest BCUT2D eigenvalue weighted by atomic mass is 35.5. The lowest BCUT2D eigenvalue weighted by Gasteiger charge is -2.23. The van der Waals surface area contributed by atoms with Gasteiger partial charge < -0.3 is 10.6 Å². The molecule has 1 atom stereocenters. The van der Waals surface area contributed by atoms with Crippen molar-refractivity contribution in [2.75, 3.05) is 12.3 Å². The molecule has 2 heterocycles. The van der Waals surface area contributed by atoms with E-state index in [1.807, 2.05) is 23.1 Å². The summed E-state index contributed by atoms with van der Waals surface area (Å²) >= 11 is 7.45. The minimum atomic E-state index is 0.0733. The van der Waals surface area contributed by atoms with Crippen molar-refractivity contribution in [3.63, 3.8) is 0 Å². The number of nitrogen functional groups attached to an aromatic ring is 1. The van der Waals surface area contributed by atoms with Gasteiger partial charge in [0.15, 0.2) is 0 Å². The first-order chi connectivity index (χ1) is 9.61. The number of nitrogens with two attached hydrogens (primary N) is 1. The smallest absolute Gasteiger partial charge is 0.266 e. The van der Waals surface area contributed by atoms with Crippen LogP contribution < -0.4 is 5.73 Å². The van der Waals surface area contributed by atoms with Crippen LogP contribution in [0.25, 0.3) is 10.1 Å². The Labute approximate surface area is 127 Å². The van der Waals surface area contributed by atoms with E-state index in [-0.39, 0.29) is 5.91 Å². The number of nitrogens with zero attached hydrogens (tertiary/aromatic N) is 1. The number of thiophene rings is 1. The lowest BCUT2D eigenvalue weighted by atomic mass is 10.1. The van der Waals surface area contributed by atoms with E-state index in [4.69, 9.17) is 17.3 Å². The standard InChI is InChI=1S/C15H17ClN2OS/c1-2-10-4-3-7-18(10)15(19)14-13(17)11-6-5-9(16)8-12(11)20-14/h5-6,8,10H,2-4,7,17H2,1H3. The van der Waals surface area contributed by atoms with Gasteiger partial charge in [-0.15, -0.1) is 11.3 Å². The number of halogens is 1. The van der Waals surface area contributed by atoms with Crippen LogP contribution in [0.2, 0.25) is 5.02 Å². The SMILES string of the molecule is CCC1CCCN1C(=O)c1sc2cc(Cl)ccc2c1N. The number of carbonyl (C=O) groups is 1. The normalized spacial score (nSPS) is 18.9. The molecule has 1 unspecified atom stereocenters. The summed E-state index contributed by atoms with van der Waals surface area (Å²) in [4.78, 5) is 15.3. The van der Waals surface area contributed by atoms with Crippen molar-refractivity contribution in [2.24, 2.45) is 0 Å². The quantitative estimate of drug-likeness (QED) is 0.906. The Balaban J connectivity index is 2.01. The van der Waals surface area contributed by atoms with Crippen LogP contribution in [-0.4, -0.2) is 23.4 Å². The van der Waals surface area contributed by atoms with E-state index in [0.717, 1.165) is 35.9 Å². The van der Waals surface area contributed by atoms with Crippen LogP contribution in [0.5, 0.6) is 0 Å². The Morgan fingerprint density at radius 1 is 1.55 bits per heavy atom. The monoisotopic (exact) mass is 308 g/mol. The molecule has 20 heavy (non-hydrogen) atoms. The molecule has 1 aromatic heterocycles. The fraction of sp³-hybridized carbons (Fsp3) is 0.400. The summed E-state index contributed by atoms with van der Waals surface area (Å²) in [5.41, 5.74) is 6.76. The number of likely N-dealkylation sites (tertiary alicyclic amines) is 1. The molecule has 5 heteroatoms. The number of benzene rings is 1. The second-order valence-corrected chi connectivity index (χ2v) is 6.68. The predicted molar refractivity (Wildman–Crippen MR) is 85.6 cm³/mol. The molecule has 2 aromatic rings. The van der Waals surface area contributed by atoms with Crippen LogP contribution in [-0.2, 0) is 0 Å². The van der Waals surface area contributed by atoms with Gasteiger partial charge in [0.25, 0.3) is 5.91 Å². The second kappa shape index (κ2) is 5.26. The molecule has 1 amide bonds. The van der Waals surface area contributed by atoms with Crippen molar-refractivity contribution in [3.8, 4) is 0 Å². The number of anilines is 1. The van der Waals surface area contributed by atoms with Crippen LogP contribution in [0.15, 0.2) is 18.2 Å². The maximum absolute atomic E-state index is 12.7. The molecule has 106 valence electrons. The number of amides is 1. The maximum Gasteiger partial charge on any atom is 0.266 e. The number of carbonyl (C=O) groups excluding carboxylic acids is 1. The van der Waals surface area contributed by atoms with Crippen LogP contribution in [0, 0.1) is 0 Å². The van der Waals surface area contributed by atoms with Crippen molar-refractivity contribution in [1.82, 2.24) is 4.90 Å². The molecular formula is C15H17ClN2OS. The van der Waals surface area contributed by atoms with Crippen molar-refractivity contribution in [3.05, 3.63) is 28.1 Å². The third kappa shape index (κ3) is 2.17. The van der Waals surface area contributed by atoms with Crippen LogP contribution >= 0.6 is 22.9 Å². The minimum Gasteiger partial charge on any atom is -0.397 e. The third-order valence-electron chi connectivity index (χ3n) is 3.99. The molecule has 0 radical (unpaired) electrons. The third-order valence-corrected chi connectivity index (χ3v) is 5.39. The van der Waals surface area contributed by atoms with E-state index in [2.05, 4.69) is 6.92 Å². The summed E-state index contributed by atoms with van der Waals surface area (Å²) in [6.45, 7) is 2.97. The largest absolute Gasteiger partial charge is 0.397 e. The van der Waals surface area contributed by atoms with Gasteiger partial charge in [-0.05, 0) is 37.5 Å². The van der Waals surface area contributed by atoms with Gasteiger partial charge in [-0.25, -0.2) is 0 Å². The Hall–Kier alpha value is -1.26. The summed E-state index contributed by atoms with van der Waals surface area (Å²) < 4.78 is 0.977. The lowest BCUT2D eigenvalue weighted by molar-refractivity contribution is 0.0739. The van der Waals surface area contributed by atoms with Gasteiger partial charge in [-0.1, -0.05) is 18.5 Å². The summed E-state index contributed by atoms with van der Waals surface area (Å²) in [6, 6.07) is 5.93. The lowest BCUT2D eigenvalue weighted by Crippen LogP contribution is -2.34. The van der Waals surface area contributed by atoms with Gasteiger partial charge in [-0.3, -0.25) is 4.79 Å². The van der Waals surface area contributed by atoms with Gasteiger partial charge >= 0.3 is 0 Å². The van der Waals surface area contributed by atoms with Crippen molar-refractivity contribution >= 4 is 44.6 Å². The van der Waals surface area contributed by atoms with Crippen LogP contribution in [0.1, 0.15) is 35.9 Å². The van der Waals surface area contributed by atoms with Gasteiger partial charge in [0.05, 0.1) is 5.69 Å². The number of hydrogen-bond donors (Lipinski definition) is 1. The number of rotatable bonds is 2. The second-order valence-electron chi connectivity index (χ2n) is 5.19. The molecule has 2 N–H and O–H groups in total. The number of hydrogen-bond acceptors (Lipinski definition) is 3. The molecule has 1 aliphatic heterocycles. The van der Waals surface area contributed by atoms with Gasteiger partial charge in [-0.2, -0.15) is 0 Å². The molecule has 1 saturated heterocycles. The average Bonchev–Trinajstić information content (AvgIpc) is 3.02. The molecule has 3 nitrogen and oxygen atoms in total. The van der Waals surface area contributed by atoms with Gasteiger partial charge in [0, 0.05) is 27.7 Å². The highest BCUT2D eigenvalue weighted by Gasteiger charge is 2.30. The summed E-state index contributed by atoms with van der Waals surface area (Å²) in [5, 5.41) is 1.60. The summed E-state index contributed by atoms with van der Waals surface area (Å²) in [5.74, 6) is 0.0733. The molecule has 0 aliphatic carbocycles. The van der Waals surface area contributed by atoms with Crippen LogP contribution in [0.3, 0.4) is 0 Å². The number of fused-ring (bicyclic) bond motifs is 1. The van der Waals surface area contributed by atoms with E-state index in [9.17, 15) is 4.79 Å². The van der Waals surface area contributed by atoms with E-state index in [0.29, 0.717) is 21.6 Å². The van der Waals surface area contributed by atoms with E-state index < -0.39 is 0 Å². The van der Waals surface area contributed by atoms with Gasteiger partial charge in [0.2, 0.25) is 0 Å². The maximum atomic E-state index is 12.7. The van der Waals surface area contributed by atoms with Crippen molar-refractivity contribution in [2.45, 2.75) is 32.2 Å². The molecule has 0 saturated carbocycles. The molecule has 0 spiro atoms. The molecule has 1 aliphatic rings. The Bertz CT molecular complexity index is 667. The zero-order valence-electron chi connectivity index (χ0n) is 11.4. The molecular weight excluding hydrogens is 292 g/mol. The fourth-order valence-electron chi connectivity index (χ4n) is 2.91. The van der Waals surface area contributed by atoms with E-state index >= 15 is 0 Å². The van der Waals surface area contributed by atoms with Gasteiger partial charge in [0.1, 0.15) is 4.88 Å². The fourth-order valence-corrected chi connectivity index (χ4v) is 4.26. The first kappa shape index (κ1) is 13.7. The first-order valence-corrected chi connectivity index (χ1v) is 8.09. The summed E-state index contributed by atoms with van der Waals surface area (Å²) in [6.07, 6.45) is 3.18. The molecule has 1 fully saturated rings. The van der Waals surface area contributed by atoms with Crippen molar-refractivity contribution < 1.29 is 4.79 Å². The van der Waals surface area contributed by atoms with E-state index in [1.54, 1.807) is 0 Å². The predicted octanol–water partition coefficient (Wildman–Crippen LogP) is 4.15. The highest BCUT2D eigenvalue weighted by molar-refractivity contribution is 7.21. The van der Waals surface area contributed by atoms with Crippen LogP contribution in [0.4, 0.5) is 5.69 Å². The molecule has 1 aromatic carbocycles. The topological polar surface area (TPSA) is 46.3 Å². The molecule has 3 rings (SSSR count). The highest BCUT2D eigenvalue weighted by Crippen LogP contribution is 2.37. The van der Waals surface area contributed by atoms with E-state index in [1.165, 1.54) is 11.3 Å². The zero-order chi connectivity index (χ0) is 14.3. The Morgan fingerprint density at radius 3 is 3.10 bits per heavy atom. The Kier molecular flexibility index (Phi) is 3.61. The average molecular weight is 309 g/mol. The summed E-state index contributed by atoms with van der Waals surface area (Å²) in [7, 11) is 0. The molecule has 0 bridgehead atoms. The minimum absolute atomic E-state index is 0.0733. The van der Waals surface area contributed by atoms with Crippen molar-refractivity contribution in [1.29, 1.82) is 0 Å².